The summed E-state index contributed by atoms with van der Waals surface area (Å²) in [4.78, 5) is 25.4. The molecule has 8 heteroatoms. The number of amides is 1. The van der Waals surface area contributed by atoms with Gasteiger partial charge in [0.1, 0.15) is 6.10 Å². The summed E-state index contributed by atoms with van der Waals surface area (Å²) in [5, 5.41) is 3.11. The van der Waals surface area contributed by atoms with Crippen LogP contribution in [0.4, 0.5) is 0 Å². The number of rotatable bonds is 7. The molecule has 1 aliphatic rings. The molecule has 0 aliphatic heterocycles. The summed E-state index contributed by atoms with van der Waals surface area (Å²) in [7, 11) is 1.55. The molecule has 1 saturated carbocycles. The largest absolute Gasteiger partial charge is 0.477 e. The Labute approximate surface area is 156 Å². The Morgan fingerprint density at radius 3 is 2.50 bits per heavy atom. The molecule has 26 heavy (non-hydrogen) atoms. The Kier molecular flexibility index (Phi) is 6.65. The molecule has 2 aromatic heterocycles. The number of hydrogen-bond donors (Lipinski definition) is 1. The SMILES string of the molecule is COc1nccnc1OC1CCC(NC(=O)CSc2ccncc2)CC1. The van der Waals surface area contributed by atoms with E-state index in [1.807, 2.05) is 12.1 Å². The number of hydrogen-bond acceptors (Lipinski definition) is 7. The molecule has 2 aromatic rings. The molecule has 0 unspecified atom stereocenters. The maximum atomic E-state index is 12.1. The fourth-order valence-electron chi connectivity index (χ4n) is 2.87. The van der Waals surface area contributed by atoms with Crippen molar-refractivity contribution in [2.45, 2.75) is 42.7 Å². The van der Waals surface area contributed by atoms with Gasteiger partial charge in [0.2, 0.25) is 5.91 Å². The van der Waals surface area contributed by atoms with Crippen LogP contribution in [0.25, 0.3) is 0 Å². The van der Waals surface area contributed by atoms with E-state index in [0.29, 0.717) is 17.5 Å². The van der Waals surface area contributed by atoms with Crippen LogP contribution in [0.5, 0.6) is 11.8 Å². The molecule has 2 heterocycles. The van der Waals surface area contributed by atoms with Gasteiger partial charge >= 0.3 is 0 Å². The molecular formula is C18H22N4O3S. The Morgan fingerprint density at radius 1 is 1.12 bits per heavy atom. The minimum Gasteiger partial charge on any atom is -0.477 e. The maximum Gasteiger partial charge on any atom is 0.278 e. The van der Waals surface area contributed by atoms with Crippen LogP contribution in [0.3, 0.4) is 0 Å². The smallest absolute Gasteiger partial charge is 0.278 e. The van der Waals surface area contributed by atoms with Crippen molar-refractivity contribution >= 4 is 17.7 Å². The Balaban J connectivity index is 1.40. The first-order valence-corrected chi connectivity index (χ1v) is 9.57. The molecule has 0 radical (unpaired) electrons. The average Bonchev–Trinajstić information content (AvgIpc) is 2.69. The van der Waals surface area contributed by atoms with Crippen molar-refractivity contribution < 1.29 is 14.3 Å². The number of thioether (sulfide) groups is 1. The number of ether oxygens (including phenoxy) is 2. The highest BCUT2D eigenvalue weighted by Gasteiger charge is 2.25. The van der Waals surface area contributed by atoms with Crippen LogP contribution in [0, 0.1) is 0 Å². The van der Waals surface area contributed by atoms with Gasteiger partial charge in [-0.25, -0.2) is 9.97 Å². The maximum absolute atomic E-state index is 12.1. The van der Waals surface area contributed by atoms with Crippen LogP contribution >= 0.6 is 11.8 Å². The van der Waals surface area contributed by atoms with E-state index in [1.54, 1.807) is 31.9 Å². The van der Waals surface area contributed by atoms with Crippen molar-refractivity contribution in [3.05, 3.63) is 36.9 Å². The summed E-state index contributed by atoms with van der Waals surface area (Å²) < 4.78 is 11.1. The predicted octanol–water partition coefficient (Wildman–Crippen LogP) is 2.48. The third-order valence-electron chi connectivity index (χ3n) is 4.16. The van der Waals surface area contributed by atoms with Crippen LogP contribution in [0.15, 0.2) is 41.8 Å². The zero-order valence-electron chi connectivity index (χ0n) is 14.6. The highest BCUT2D eigenvalue weighted by atomic mass is 32.2. The van der Waals surface area contributed by atoms with Gasteiger partial charge in [-0.15, -0.1) is 11.8 Å². The topological polar surface area (TPSA) is 86.2 Å². The third kappa shape index (κ3) is 5.32. The lowest BCUT2D eigenvalue weighted by atomic mass is 9.93. The van der Waals surface area contributed by atoms with Crippen LogP contribution in [-0.2, 0) is 4.79 Å². The number of nitrogens with zero attached hydrogens (tertiary/aromatic N) is 3. The second kappa shape index (κ2) is 9.38. The van der Waals surface area contributed by atoms with Crippen molar-refractivity contribution in [1.29, 1.82) is 0 Å². The van der Waals surface area contributed by atoms with Gasteiger partial charge in [-0.05, 0) is 37.8 Å². The quantitative estimate of drug-likeness (QED) is 0.745. The van der Waals surface area contributed by atoms with E-state index in [0.717, 1.165) is 30.6 Å². The number of carbonyl (C=O) groups is 1. The molecule has 138 valence electrons. The molecule has 1 amide bonds. The van der Waals surface area contributed by atoms with E-state index in [-0.39, 0.29) is 18.1 Å². The summed E-state index contributed by atoms with van der Waals surface area (Å²) >= 11 is 1.52. The van der Waals surface area contributed by atoms with Gasteiger partial charge in [-0.2, -0.15) is 0 Å². The van der Waals surface area contributed by atoms with Crippen molar-refractivity contribution in [2.24, 2.45) is 0 Å². The number of carbonyl (C=O) groups excluding carboxylic acids is 1. The normalized spacial score (nSPS) is 19.6. The lowest BCUT2D eigenvalue weighted by molar-refractivity contribution is -0.119. The molecule has 0 spiro atoms. The zero-order valence-corrected chi connectivity index (χ0v) is 15.4. The second-order valence-electron chi connectivity index (χ2n) is 6.00. The minimum atomic E-state index is 0.0618. The Morgan fingerprint density at radius 2 is 1.81 bits per heavy atom. The van der Waals surface area contributed by atoms with Crippen LogP contribution < -0.4 is 14.8 Å². The average molecular weight is 374 g/mol. The summed E-state index contributed by atoms with van der Waals surface area (Å²) in [5.41, 5.74) is 0. The van der Waals surface area contributed by atoms with E-state index in [1.165, 1.54) is 11.8 Å². The lowest BCUT2D eigenvalue weighted by Gasteiger charge is -2.29. The fourth-order valence-corrected chi connectivity index (χ4v) is 3.56. The van der Waals surface area contributed by atoms with E-state index < -0.39 is 0 Å². The number of nitrogens with one attached hydrogen (secondary N) is 1. The van der Waals surface area contributed by atoms with E-state index >= 15 is 0 Å². The van der Waals surface area contributed by atoms with Crippen molar-refractivity contribution in [3.8, 4) is 11.8 Å². The van der Waals surface area contributed by atoms with Crippen molar-refractivity contribution in [1.82, 2.24) is 20.3 Å². The van der Waals surface area contributed by atoms with Gasteiger partial charge in [0.25, 0.3) is 11.8 Å². The van der Waals surface area contributed by atoms with Crippen LogP contribution in [0.1, 0.15) is 25.7 Å². The number of aromatic nitrogens is 3. The van der Waals surface area contributed by atoms with Gasteiger partial charge < -0.3 is 14.8 Å². The van der Waals surface area contributed by atoms with Crippen molar-refractivity contribution in [3.63, 3.8) is 0 Å². The Bertz CT molecular complexity index is 709. The summed E-state index contributed by atoms with van der Waals surface area (Å²) in [5.74, 6) is 1.30. The number of pyridine rings is 1. The highest BCUT2D eigenvalue weighted by Crippen LogP contribution is 2.27. The van der Waals surface area contributed by atoms with E-state index in [9.17, 15) is 4.79 Å². The first kappa shape index (κ1) is 18.4. The molecule has 0 aromatic carbocycles. The molecule has 0 atom stereocenters. The molecular weight excluding hydrogens is 352 g/mol. The standard InChI is InChI=1S/C18H22N4O3S/c1-24-17-18(21-11-10-20-17)25-14-4-2-13(3-5-14)22-16(23)12-26-15-6-8-19-9-7-15/h6-11,13-14H,2-5,12H2,1H3,(H,22,23). The van der Waals surface area contributed by atoms with Crippen LogP contribution in [0.2, 0.25) is 0 Å². The minimum absolute atomic E-state index is 0.0618. The first-order valence-electron chi connectivity index (χ1n) is 8.58. The zero-order chi connectivity index (χ0) is 18.2. The summed E-state index contributed by atoms with van der Waals surface area (Å²) in [6.07, 6.45) is 10.2. The van der Waals surface area contributed by atoms with Gasteiger partial charge in [0.05, 0.1) is 12.9 Å². The summed E-state index contributed by atoms with van der Waals surface area (Å²) in [6.45, 7) is 0. The number of methoxy groups -OCH3 is 1. The van der Waals surface area contributed by atoms with Gasteiger partial charge in [-0.1, -0.05) is 0 Å². The highest BCUT2D eigenvalue weighted by molar-refractivity contribution is 8.00. The molecule has 3 rings (SSSR count). The predicted molar refractivity (Wildman–Crippen MR) is 98.4 cm³/mol. The van der Waals surface area contributed by atoms with Crippen molar-refractivity contribution in [2.75, 3.05) is 12.9 Å². The molecule has 0 saturated heterocycles. The Hall–Kier alpha value is -2.35. The summed E-state index contributed by atoms with van der Waals surface area (Å²) in [6, 6.07) is 4.01. The second-order valence-corrected chi connectivity index (χ2v) is 7.05. The third-order valence-corrected chi connectivity index (χ3v) is 5.18. The molecule has 0 bridgehead atoms. The lowest BCUT2D eigenvalue weighted by Crippen LogP contribution is -2.40. The molecule has 1 fully saturated rings. The van der Waals surface area contributed by atoms with Gasteiger partial charge in [-0.3, -0.25) is 9.78 Å². The van der Waals surface area contributed by atoms with Gasteiger partial charge in [0.15, 0.2) is 0 Å². The van der Waals surface area contributed by atoms with Gasteiger partial charge in [0, 0.05) is 35.7 Å². The molecule has 1 N–H and O–H groups in total. The fraction of sp³-hybridized carbons (Fsp3) is 0.444. The first-order chi connectivity index (χ1) is 12.7. The van der Waals surface area contributed by atoms with Crippen LogP contribution in [-0.4, -0.2) is 45.9 Å². The molecule has 1 aliphatic carbocycles. The monoisotopic (exact) mass is 374 g/mol. The molecule has 7 nitrogen and oxygen atoms in total. The van der Waals surface area contributed by atoms with E-state index in [4.69, 9.17) is 9.47 Å². The van der Waals surface area contributed by atoms with E-state index in [2.05, 4.69) is 20.3 Å².